The van der Waals surface area contributed by atoms with Crippen molar-refractivity contribution >= 4 is 12.2 Å². The van der Waals surface area contributed by atoms with Crippen molar-refractivity contribution in [2.75, 3.05) is 13.1 Å². The molecule has 1 amide bonds. The summed E-state index contributed by atoms with van der Waals surface area (Å²) in [6, 6.07) is 0. The van der Waals surface area contributed by atoms with Gasteiger partial charge in [0.25, 0.3) is 12.2 Å². The fourth-order valence-corrected chi connectivity index (χ4v) is 0.617. The summed E-state index contributed by atoms with van der Waals surface area (Å²) in [6.07, 6.45) is 4.36. The molecule has 11 heavy (non-hydrogen) atoms. The summed E-state index contributed by atoms with van der Waals surface area (Å²) in [5.41, 5.74) is 0. The van der Waals surface area contributed by atoms with E-state index in [9.17, 15) is 9.59 Å². The first-order valence-corrected chi connectivity index (χ1v) is 3.15. The maximum atomic E-state index is 10.7. The van der Waals surface area contributed by atoms with Crippen LogP contribution < -0.4 is 0 Å². The van der Waals surface area contributed by atoms with Gasteiger partial charge in [-0.1, -0.05) is 12.2 Å². The summed E-state index contributed by atoms with van der Waals surface area (Å²) in [5, 5.41) is 0. The molecule has 0 aliphatic carbocycles. The van der Waals surface area contributed by atoms with Crippen molar-refractivity contribution in [2.24, 2.45) is 0 Å². The molecule has 0 aliphatic rings. The van der Waals surface area contributed by atoms with Crippen LogP contribution in [0.5, 0.6) is 0 Å². The Labute approximate surface area is 66.0 Å². The summed E-state index contributed by atoms with van der Waals surface area (Å²) in [5.74, 6) is -0.662. The van der Waals surface area contributed by atoms with Crippen LogP contribution in [-0.2, 0) is 9.59 Å². The highest BCUT2D eigenvalue weighted by Crippen LogP contribution is 1.87. The smallest absolute Gasteiger partial charge is 0.299 e. The Bertz CT molecular complexity index is 165. The van der Waals surface area contributed by atoms with Gasteiger partial charge in [0.1, 0.15) is 0 Å². The monoisotopic (exact) mass is 152 g/mol. The molecule has 1 radical (unpaired) electrons. The van der Waals surface area contributed by atoms with E-state index in [0.29, 0.717) is 13.1 Å². The van der Waals surface area contributed by atoms with Gasteiger partial charge in [0.05, 0.1) is 0 Å². The van der Waals surface area contributed by atoms with E-state index in [-0.39, 0.29) is 0 Å². The average Bonchev–Trinajstić information content (AvgIpc) is 2.03. The molecule has 0 aromatic rings. The summed E-state index contributed by atoms with van der Waals surface area (Å²) in [6.45, 7) is 7.58. The molecule has 59 valence electrons. The van der Waals surface area contributed by atoms with Crippen molar-refractivity contribution in [2.45, 2.75) is 0 Å². The first-order chi connectivity index (χ1) is 5.26. The van der Waals surface area contributed by atoms with Crippen LogP contribution in [0.4, 0.5) is 0 Å². The van der Waals surface area contributed by atoms with E-state index in [1.807, 2.05) is 0 Å². The Morgan fingerprint density at radius 3 is 2.09 bits per heavy atom. The predicted octanol–water partition coefficient (Wildman–Crippen LogP) is 0.297. The van der Waals surface area contributed by atoms with Crippen LogP contribution in [0, 0.1) is 0 Å². The van der Waals surface area contributed by atoms with E-state index in [1.54, 1.807) is 12.2 Å². The lowest BCUT2D eigenvalue weighted by atomic mass is 10.4. The number of rotatable bonds is 5. The van der Waals surface area contributed by atoms with Gasteiger partial charge in [-0.15, -0.1) is 13.2 Å². The van der Waals surface area contributed by atoms with Gasteiger partial charge in [0.15, 0.2) is 0 Å². The SMILES string of the molecule is C=CCN(CC=C)C(=O)[C]=O. The Kier molecular flexibility index (Phi) is 4.73. The van der Waals surface area contributed by atoms with Crippen molar-refractivity contribution in [1.82, 2.24) is 4.90 Å². The highest BCUT2D eigenvalue weighted by molar-refractivity contribution is 6.24. The van der Waals surface area contributed by atoms with Crippen LogP contribution in [-0.4, -0.2) is 30.2 Å². The summed E-state index contributed by atoms with van der Waals surface area (Å²) in [4.78, 5) is 21.9. The molecule has 0 fully saturated rings. The highest BCUT2D eigenvalue weighted by atomic mass is 16.2. The third-order valence-electron chi connectivity index (χ3n) is 1.07. The summed E-state index contributed by atoms with van der Waals surface area (Å²) in [7, 11) is 0. The second kappa shape index (κ2) is 5.41. The van der Waals surface area contributed by atoms with Crippen molar-refractivity contribution in [1.29, 1.82) is 0 Å². The van der Waals surface area contributed by atoms with Crippen molar-refractivity contribution < 1.29 is 9.59 Å². The molecule has 0 N–H and O–H groups in total. The van der Waals surface area contributed by atoms with E-state index >= 15 is 0 Å². The normalized spacial score (nSPS) is 8.36. The molecule has 0 bridgehead atoms. The fraction of sp³-hybridized carbons (Fsp3) is 0.250. The van der Waals surface area contributed by atoms with Gasteiger partial charge in [-0.05, 0) is 0 Å². The maximum absolute atomic E-state index is 10.7. The number of hydrogen-bond acceptors (Lipinski definition) is 2. The van der Waals surface area contributed by atoms with E-state index in [4.69, 9.17) is 0 Å². The van der Waals surface area contributed by atoms with Crippen LogP contribution in [0.15, 0.2) is 25.3 Å². The molecule has 0 aliphatic heterocycles. The van der Waals surface area contributed by atoms with Crippen LogP contribution in [0.1, 0.15) is 0 Å². The molecular formula is C8H10NO2. The van der Waals surface area contributed by atoms with Gasteiger partial charge in [-0.2, -0.15) is 0 Å². The van der Waals surface area contributed by atoms with E-state index < -0.39 is 5.91 Å². The lowest BCUT2D eigenvalue weighted by molar-refractivity contribution is -0.123. The highest BCUT2D eigenvalue weighted by Gasteiger charge is 2.08. The molecular weight excluding hydrogens is 142 g/mol. The first-order valence-electron chi connectivity index (χ1n) is 3.15. The molecule has 0 saturated heterocycles. The minimum atomic E-state index is -0.662. The largest absolute Gasteiger partial charge is 0.328 e. The Morgan fingerprint density at radius 1 is 1.36 bits per heavy atom. The summed E-state index contributed by atoms with van der Waals surface area (Å²) >= 11 is 0. The molecule has 0 unspecified atom stereocenters. The van der Waals surface area contributed by atoms with E-state index in [1.165, 1.54) is 11.2 Å². The minimum Gasteiger partial charge on any atom is -0.328 e. The molecule has 3 heteroatoms. The van der Waals surface area contributed by atoms with Crippen LogP contribution in [0.2, 0.25) is 0 Å². The van der Waals surface area contributed by atoms with E-state index in [0.717, 1.165) is 0 Å². The van der Waals surface area contributed by atoms with Crippen molar-refractivity contribution in [3.05, 3.63) is 25.3 Å². The molecule has 0 heterocycles. The first kappa shape index (κ1) is 9.62. The predicted molar refractivity (Wildman–Crippen MR) is 42.7 cm³/mol. The van der Waals surface area contributed by atoms with Crippen LogP contribution >= 0.6 is 0 Å². The standard InChI is InChI=1S/C8H10NO2/c1-3-5-9(6-4-2)8(11)7-10/h3-4H,1-2,5-6H2. The zero-order valence-corrected chi connectivity index (χ0v) is 6.25. The zero-order valence-electron chi connectivity index (χ0n) is 6.25. The molecule has 0 aromatic heterocycles. The lowest BCUT2D eigenvalue weighted by Crippen LogP contribution is -2.31. The Hall–Kier alpha value is -1.38. The fourth-order valence-electron chi connectivity index (χ4n) is 0.617. The van der Waals surface area contributed by atoms with Gasteiger partial charge >= 0.3 is 0 Å². The third-order valence-corrected chi connectivity index (χ3v) is 1.07. The maximum Gasteiger partial charge on any atom is 0.299 e. The second-order valence-electron chi connectivity index (χ2n) is 1.89. The number of amides is 1. The quantitative estimate of drug-likeness (QED) is 0.419. The van der Waals surface area contributed by atoms with Crippen LogP contribution in [0.25, 0.3) is 0 Å². The lowest BCUT2D eigenvalue weighted by Gasteiger charge is -2.14. The van der Waals surface area contributed by atoms with Crippen molar-refractivity contribution in [3.63, 3.8) is 0 Å². The number of carbonyl (C=O) groups is 1. The number of hydrogen-bond donors (Lipinski definition) is 0. The van der Waals surface area contributed by atoms with Gasteiger partial charge in [-0.3, -0.25) is 9.59 Å². The molecule has 0 atom stereocenters. The van der Waals surface area contributed by atoms with E-state index in [2.05, 4.69) is 13.2 Å². The second-order valence-corrected chi connectivity index (χ2v) is 1.89. The van der Waals surface area contributed by atoms with Crippen LogP contribution in [0.3, 0.4) is 0 Å². The zero-order chi connectivity index (χ0) is 8.69. The Morgan fingerprint density at radius 2 is 1.82 bits per heavy atom. The molecule has 0 rings (SSSR count). The average molecular weight is 152 g/mol. The Balaban J connectivity index is 4.06. The minimum absolute atomic E-state index is 0.347. The molecule has 0 saturated carbocycles. The molecule has 0 spiro atoms. The van der Waals surface area contributed by atoms with Gasteiger partial charge in [-0.25, -0.2) is 0 Å². The third kappa shape index (κ3) is 3.35. The van der Waals surface area contributed by atoms with Gasteiger partial charge in [0, 0.05) is 13.1 Å². The molecule has 0 aromatic carbocycles. The number of nitrogens with zero attached hydrogens (tertiary/aromatic N) is 1. The topological polar surface area (TPSA) is 37.4 Å². The summed E-state index contributed by atoms with van der Waals surface area (Å²) < 4.78 is 0. The van der Waals surface area contributed by atoms with Gasteiger partial charge in [0.2, 0.25) is 0 Å². The van der Waals surface area contributed by atoms with Gasteiger partial charge < -0.3 is 4.90 Å². The van der Waals surface area contributed by atoms with Crippen molar-refractivity contribution in [3.8, 4) is 0 Å². The molecule has 3 nitrogen and oxygen atoms in total. The number of carbonyl (C=O) groups excluding carboxylic acids is 2.